The van der Waals surface area contributed by atoms with Crippen molar-refractivity contribution in [3.05, 3.63) is 0 Å². The van der Waals surface area contributed by atoms with Gasteiger partial charge < -0.3 is 15.5 Å². The van der Waals surface area contributed by atoms with Crippen LogP contribution in [0.2, 0.25) is 0 Å². The third-order valence-electron chi connectivity index (χ3n) is 4.91. The molecule has 2 N–H and O–H groups in total. The number of nitrogens with one attached hydrogen (secondary N) is 2. The molecule has 1 heterocycles. The van der Waals surface area contributed by atoms with Gasteiger partial charge in [0, 0.05) is 38.6 Å². The predicted molar refractivity (Wildman–Crippen MR) is 121 cm³/mol. The van der Waals surface area contributed by atoms with Crippen LogP contribution >= 0.6 is 24.0 Å². The zero-order valence-corrected chi connectivity index (χ0v) is 19.7. The molecular formula is C19H40IN5O. The minimum absolute atomic E-state index is 0. The van der Waals surface area contributed by atoms with Crippen molar-refractivity contribution < 1.29 is 4.79 Å². The summed E-state index contributed by atoms with van der Waals surface area (Å²) >= 11 is 0. The second-order valence-corrected chi connectivity index (χ2v) is 7.02. The van der Waals surface area contributed by atoms with Crippen LogP contribution in [0.1, 0.15) is 53.9 Å². The van der Waals surface area contributed by atoms with Crippen LogP contribution in [0.4, 0.5) is 0 Å². The van der Waals surface area contributed by atoms with Crippen molar-refractivity contribution in [2.45, 2.75) is 59.9 Å². The number of carbonyl (C=O) groups is 1. The average molecular weight is 481 g/mol. The highest BCUT2D eigenvalue weighted by atomic mass is 127. The van der Waals surface area contributed by atoms with Gasteiger partial charge in [0.25, 0.3) is 0 Å². The molecule has 0 aromatic carbocycles. The van der Waals surface area contributed by atoms with E-state index in [1.54, 1.807) is 0 Å². The van der Waals surface area contributed by atoms with Gasteiger partial charge in [-0.15, -0.1) is 24.0 Å². The van der Waals surface area contributed by atoms with Gasteiger partial charge >= 0.3 is 0 Å². The number of aliphatic imine (C=N–C) groups is 1. The van der Waals surface area contributed by atoms with Crippen LogP contribution in [-0.2, 0) is 4.79 Å². The maximum atomic E-state index is 12.1. The van der Waals surface area contributed by atoms with Crippen molar-refractivity contribution in [2.24, 2.45) is 10.9 Å². The van der Waals surface area contributed by atoms with Gasteiger partial charge in [-0.25, -0.2) is 0 Å². The van der Waals surface area contributed by atoms with Crippen molar-refractivity contribution in [1.82, 2.24) is 20.4 Å². The maximum Gasteiger partial charge on any atom is 0.224 e. The summed E-state index contributed by atoms with van der Waals surface area (Å²) in [5.41, 5.74) is 0. The Bertz CT molecular complexity index is 407. The molecule has 0 aliphatic carbocycles. The fourth-order valence-corrected chi connectivity index (χ4v) is 3.37. The van der Waals surface area contributed by atoms with Gasteiger partial charge in [0.1, 0.15) is 0 Å². The van der Waals surface area contributed by atoms with Crippen LogP contribution in [0.3, 0.4) is 0 Å². The molecule has 1 amide bonds. The van der Waals surface area contributed by atoms with E-state index in [-0.39, 0.29) is 29.9 Å². The third kappa shape index (κ3) is 8.88. The summed E-state index contributed by atoms with van der Waals surface area (Å²) in [4.78, 5) is 21.3. The Kier molecular flexibility index (Phi) is 14.2. The van der Waals surface area contributed by atoms with E-state index < -0.39 is 0 Å². The molecule has 0 radical (unpaired) electrons. The van der Waals surface area contributed by atoms with Crippen LogP contribution in [0, 0.1) is 5.92 Å². The first kappa shape index (κ1) is 25.4. The number of nitrogens with zero attached hydrogens (tertiary/aromatic N) is 3. The number of guanidine groups is 1. The quantitative estimate of drug-likeness (QED) is 0.286. The standard InChI is InChI=1S/C19H39N5O.HI/c1-6-20-19(21-12-11-18(25)23(7-2)8-3)22-15-17(16(4)5)24-13-9-10-14-24;/h16-17H,6-15H2,1-5H3,(H2,20,21,22);1H. The summed E-state index contributed by atoms with van der Waals surface area (Å²) in [5.74, 6) is 1.61. The molecular weight excluding hydrogens is 441 g/mol. The summed E-state index contributed by atoms with van der Waals surface area (Å²) in [7, 11) is 0. The summed E-state index contributed by atoms with van der Waals surface area (Å²) < 4.78 is 0. The Morgan fingerprint density at radius 1 is 1.12 bits per heavy atom. The molecule has 6 nitrogen and oxygen atoms in total. The third-order valence-corrected chi connectivity index (χ3v) is 4.91. The zero-order valence-electron chi connectivity index (χ0n) is 17.4. The van der Waals surface area contributed by atoms with Gasteiger partial charge in [0.2, 0.25) is 5.91 Å². The van der Waals surface area contributed by atoms with Crippen molar-refractivity contribution in [1.29, 1.82) is 0 Å². The van der Waals surface area contributed by atoms with E-state index in [0.29, 0.717) is 24.9 Å². The van der Waals surface area contributed by atoms with Gasteiger partial charge in [-0.2, -0.15) is 0 Å². The van der Waals surface area contributed by atoms with Gasteiger partial charge in [-0.1, -0.05) is 13.8 Å². The highest BCUT2D eigenvalue weighted by Gasteiger charge is 2.24. The minimum Gasteiger partial charge on any atom is -0.357 e. The van der Waals surface area contributed by atoms with Gasteiger partial charge in [-0.05, 0) is 52.6 Å². The molecule has 0 spiro atoms. The monoisotopic (exact) mass is 481 g/mol. The lowest BCUT2D eigenvalue weighted by Crippen LogP contribution is -2.43. The minimum atomic E-state index is 0. The molecule has 1 saturated heterocycles. The van der Waals surface area contributed by atoms with Crippen molar-refractivity contribution in [3.63, 3.8) is 0 Å². The SMILES string of the molecule is CCNC(=NCC(C(C)C)N1CCCC1)NCCC(=O)N(CC)CC.I. The summed E-state index contributed by atoms with van der Waals surface area (Å²) in [6, 6.07) is 0.496. The summed E-state index contributed by atoms with van der Waals surface area (Å²) in [5, 5.41) is 6.61. The number of hydrogen-bond donors (Lipinski definition) is 2. The fourth-order valence-electron chi connectivity index (χ4n) is 3.37. The zero-order chi connectivity index (χ0) is 18.7. The van der Waals surface area contributed by atoms with Crippen molar-refractivity contribution in [3.8, 4) is 0 Å². The van der Waals surface area contributed by atoms with Crippen LogP contribution < -0.4 is 10.6 Å². The van der Waals surface area contributed by atoms with Crippen LogP contribution in [0.25, 0.3) is 0 Å². The molecule has 1 unspecified atom stereocenters. The normalized spacial score (nSPS) is 16.3. The van der Waals surface area contributed by atoms with Crippen molar-refractivity contribution >= 4 is 35.8 Å². The van der Waals surface area contributed by atoms with E-state index in [0.717, 1.165) is 32.1 Å². The summed E-state index contributed by atoms with van der Waals surface area (Å²) in [6.07, 6.45) is 3.11. The Morgan fingerprint density at radius 3 is 2.23 bits per heavy atom. The topological polar surface area (TPSA) is 60.0 Å². The Balaban J connectivity index is 0.00000625. The van der Waals surface area contributed by atoms with Crippen LogP contribution in [0.5, 0.6) is 0 Å². The van der Waals surface area contributed by atoms with E-state index >= 15 is 0 Å². The highest BCUT2D eigenvalue weighted by Crippen LogP contribution is 2.17. The van der Waals surface area contributed by atoms with Gasteiger partial charge in [-0.3, -0.25) is 14.7 Å². The van der Waals surface area contributed by atoms with Crippen LogP contribution in [-0.4, -0.2) is 73.5 Å². The number of amides is 1. The Morgan fingerprint density at radius 2 is 1.73 bits per heavy atom. The molecule has 0 aromatic rings. The lowest BCUT2D eigenvalue weighted by molar-refractivity contribution is -0.130. The first-order valence-electron chi connectivity index (χ1n) is 10.1. The molecule has 7 heteroatoms. The molecule has 1 rings (SSSR count). The molecule has 0 saturated carbocycles. The second kappa shape index (κ2) is 14.5. The molecule has 1 fully saturated rings. The number of rotatable bonds is 10. The number of carbonyl (C=O) groups excluding carboxylic acids is 1. The predicted octanol–water partition coefficient (Wildman–Crippen LogP) is 2.54. The molecule has 0 bridgehead atoms. The van der Waals surface area contributed by atoms with E-state index in [1.807, 2.05) is 18.7 Å². The van der Waals surface area contributed by atoms with E-state index in [4.69, 9.17) is 4.99 Å². The Labute approximate surface area is 177 Å². The van der Waals surface area contributed by atoms with Crippen LogP contribution in [0.15, 0.2) is 4.99 Å². The van der Waals surface area contributed by atoms with Crippen molar-refractivity contribution in [2.75, 3.05) is 45.8 Å². The van der Waals surface area contributed by atoms with E-state index in [2.05, 4.69) is 36.3 Å². The number of likely N-dealkylation sites (tertiary alicyclic amines) is 1. The van der Waals surface area contributed by atoms with Gasteiger partial charge in [0.05, 0.1) is 6.54 Å². The smallest absolute Gasteiger partial charge is 0.224 e. The largest absolute Gasteiger partial charge is 0.357 e. The van der Waals surface area contributed by atoms with Gasteiger partial charge in [0.15, 0.2) is 5.96 Å². The Hall–Kier alpha value is -0.570. The molecule has 1 aliphatic heterocycles. The number of hydrogen-bond acceptors (Lipinski definition) is 3. The van der Waals surface area contributed by atoms with E-state index in [9.17, 15) is 4.79 Å². The van der Waals surface area contributed by atoms with E-state index in [1.165, 1.54) is 25.9 Å². The molecule has 1 aliphatic rings. The number of halogens is 1. The molecule has 1 atom stereocenters. The highest BCUT2D eigenvalue weighted by molar-refractivity contribution is 14.0. The molecule has 26 heavy (non-hydrogen) atoms. The average Bonchev–Trinajstić information content (AvgIpc) is 3.10. The first-order chi connectivity index (χ1) is 12.0. The summed E-state index contributed by atoms with van der Waals surface area (Å²) in [6.45, 7) is 16.9. The maximum absolute atomic E-state index is 12.1. The lowest BCUT2D eigenvalue weighted by Gasteiger charge is -2.29. The fraction of sp³-hybridized carbons (Fsp3) is 0.895. The first-order valence-corrected chi connectivity index (χ1v) is 10.1. The molecule has 154 valence electrons. The second-order valence-electron chi connectivity index (χ2n) is 7.02. The molecule has 0 aromatic heterocycles. The lowest BCUT2D eigenvalue weighted by atomic mass is 10.0.